The van der Waals surface area contributed by atoms with E-state index in [1.165, 1.54) is 12.8 Å². The molecule has 1 rings (SSSR count). The van der Waals surface area contributed by atoms with E-state index in [4.69, 9.17) is 9.47 Å². The molecule has 0 amide bonds. The summed E-state index contributed by atoms with van der Waals surface area (Å²) in [4.78, 5) is 0. The van der Waals surface area contributed by atoms with Gasteiger partial charge in [-0.15, -0.1) is 0 Å². The average Bonchev–Trinajstić information content (AvgIpc) is 2.59. The Balaban J connectivity index is 2.33. The molecular weight excluding hydrogens is 164 g/mol. The number of hydrogen-bond donors (Lipinski definition) is 0. The molecule has 0 aromatic rings. The predicted octanol–water partition coefficient (Wildman–Crippen LogP) is 3.11. The Kier molecular flexibility index (Phi) is 4.20. The number of hydrogen-bond acceptors (Lipinski definition) is 2. The van der Waals surface area contributed by atoms with Crippen LogP contribution >= 0.6 is 0 Å². The third kappa shape index (κ3) is 2.68. The van der Waals surface area contributed by atoms with Crippen LogP contribution in [0.4, 0.5) is 0 Å². The van der Waals surface area contributed by atoms with Crippen molar-refractivity contribution in [3.05, 3.63) is 0 Å². The molecule has 1 aliphatic rings. The minimum atomic E-state index is -0.252. The fourth-order valence-corrected chi connectivity index (χ4v) is 1.81. The summed E-state index contributed by atoms with van der Waals surface area (Å²) in [6.45, 7) is 7.27. The number of unbranched alkanes of at least 4 members (excludes halogenated alkanes) is 1. The summed E-state index contributed by atoms with van der Waals surface area (Å²) < 4.78 is 11.7. The van der Waals surface area contributed by atoms with E-state index in [1.54, 1.807) is 0 Å². The van der Waals surface area contributed by atoms with E-state index in [0.717, 1.165) is 25.9 Å². The van der Waals surface area contributed by atoms with Crippen molar-refractivity contribution in [3.8, 4) is 0 Å². The lowest BCUT2D eigenvalue weighted by Gasteiger charge is -2.24. The van der Waals surface area contributed by atoms with Crippen molar-refractivity contribution in [2.45, 2.75) is 64.8 Å². The van der Waals surface area contributed by atoms with Crippen LogP contribution in [0.2, 0.25) is 0 Å². The smallest absolute Gasteiger partial charge is 0.168 e. The van der Waals surface area contributed by atoms with Gasteiger partial charge in [0.25, 0.3) is 0 Å². The summed E-state index contributed by atoms with van der Waals surface area (Å²) in [5, 5.41) is 0. The van der Waals surface area contributed by atoms with E-state index in [-0.39, 0.29) is 5.79 Å². The van der Waals surface area contributed by atoms with E-state index >= 15 is 0 Å². The first kappa shape index (κ1) is 11.0. The molecule has 0 radical (unpaired) electrons. The molecule has 78 valence electrons. The molecule has 0 bridgehead atoms. The van der Waals surface area contributed by atoms with Crippen molar-refractivity contribution in [1.29, 1.82) is 0 Å². The van der Waals surface area contributed by atoms with Gasteiger partial charge in [0.1, 0.15) is 0 Å². The zero-order valence-electron chi connectivity index (χ0n) is 9.14. The van der Waals surface area contributed by atoms with Crippen LogP contribution in [0.1, 0.15) is 52.9 Å². The van der Waals surface area contributed by atoms with Crippen LogP contribution < -0.4 is 0 Å². The Morgan fingerprint density at radius 3 is 2.38 bits per heavy atom. The summed E-state index contributed by atoms with van der Waals surface area (Å²) in [5.41, 5.74) is 0. The summed E-state index contributed by atoms with van der Waals surface area (Å²) >= 11 is 0. The maximum absolute atomic E-state index is 5.93. The van der Waals surface area contributed by atoms with Gasteiger partial charge in [0.15, 0.2) is 5.79 Å². The van der Waals surface area contributed by atoms with E-state index in [9.17, 15) is 0 Å². The fraction of sp³-hybridized carbons (Fsp3) is 1.00. The van der Waals surface area contributed by atoms with Crippen LogP contribution in [0, 0.1) is 0 Å². The molecule has 0 spiro atoms. The highest BCUT2D eigenvalue weighted by Crippen LogP contribution is 2.31. The molecular formula is C11H22O2. The quantitative estimate of drug-likeness (QED) is 0.657. The third-order valence-electron chi connectivity index (χ3n) is 2.87. The Hall–Kier alpha value is -0.0800. The summed E-state index contributed by atoms with van der Waals surface area (Å²) in [6.07, 6.45) is 5.92. The zero-order valence-corrected chi connectivity index (χ0v) is 9.14. The lowest BCUT2D eigenvalue weighted by atomic mass is 10.1. The topological polar surface area (TPSA) is 18.5 Å². The van der Waals surface area contributed by atoms with E-state index < -0.39 is 0 Å². The van der Waals surface area contributed by atoms with Crippen molar-refractivity contribution in [2.75, 3.05) is 6.61 Å². The number of rotatable bonds is 5. The molecule has 1 aliphatic heterocycles. The minimum Gasteiger partial charge on any atom is -0.347 e. The summed E-state index contributed by atoms with van der Waals surface area (Å²) in [6, 6.07) is 0. The minimum absolute atomic E-state index is 0.252. The van der Waals surface area contributed by atoms with E-state index in [2.05, 4.69) is 20.8 Å². The third-order valence-corrected chi connectivity index (χ3v) is 2.87. The molecule has 1 unspecified atom stereocenters. The van der Waals surface area contributed by atoms with E-state index in [1.807, 2.05) is 0 Å². The van der Waals surface area contributed by atoms with Gasteiger partial charge in [-0.25, -0.2) is 0 Å². The van der Waals surface area contributed by atoms with Crippen LogP contribution in [-0.2, 0) is 9.47 Å². The van der Waals surface area contributed by atoms with Gasteiger partial charge in [-0.05, 0) is 19.3 Å². The molecule has 1 fully saturated rings. The first-order valence-electron chi connectivity index (χ1n) is 5.58. The zero-order chi connectivity index (χ0) is 9.73. The molecule has 1 heterocycles. The highest BCUT2D eigenvalue weighted by atomic mass is 16.7. The average molecular weight is 186 g/mol. The Morgan fingerprint density at radius 2 is 1.92 bits per heavy atom. The highest BCUT2D eigenvalue weighted by Gasteiger charge is 2.37. The van der Waals surface area contributed by atoms with Crippen molar-refractivity contribution >= 4 is 0 Å². The number of ether oxygens (including phenoxy) is 2. The summed E-state index contributed by atoms with van der Waals surface area (Å²) in [7, 11) is 0. The second kappa shape index (κ2) is 4.97. The molecule has 0 aromatic heterocycles. The lowest BCUT2D eigenvalue weighted by molar-refractivity contribution is -0.172. The molecule has 1 saturated heterocycles. The monoisotopic (exact) mass is 186 g/mol. The molecule has 1 atom stereocenters. The highest BCUT2D eigenvalue weighted by molar-refractivity contribution is 4.76. The van der Waals surface area contributed by atoms with Crippen molar-refractivity contribution in [2.24, 2.45) is 0 Å². The van der Waals surface area contributed by atoms with Gasteiger partial charge in [0.05, 0.1) is 12.7 Å². The first-order valence-corrected chi connectivity index (χ1v) is 5.58. The van der Waals surface area contributed by atoms with Gasteiger partial charge >= 0.3 is 0 Å². The molecule has 2 heteroatoms. The molecule has 13 heavy (non-hydrogen) atoms. The SMILES string of the molecule is CCCCC1COC(CC)(CC)O1. The van der Waals surface area contributed by atoms with Gasteiger partial charge < -0.3 is 9.47 Å². The van der Waals surface area contributed by atoms with Crippen LogP contribution in [0.25, 0.3) is 0 Å². The molecule has 0 aromatic carbocycles. The van der Waals surface area contributed by atoms with Crippen molar-refractivity contribution in [3.63, 3.8) is 0 Å². The van der Waals surface area contributed by atoms with Crippen LogP contribution in [0.15, 0.2) is 0 Å². The standard InChI is InChI=1S/C11H22O2/c1-4-7-8-10-9-12-11(5-2,6-3)13-10/h10H,4-9H2,1-3H3. The maximum atomic E-state index is 5.93. The van der Waals surface area contributed by atoms with Gasteiger partial charge in [-0.1, -0.05) is 33.6 Å². The predicted molar refractivity (Wildman–Crippen MR) is 53.7 cm³/mol. The molecule has 0 N–H and O–H groups in total. The van der Waals surface area contributed by atoms with Crippen LogP contribution in [0.3, 0.4) is 0 Å². The van der Waals surface area contributed by atoms with Gasteiger partial charge in [-0.3, -0.25) is 0 Å². The van der Waals surface area contributed by atoms with Crippen molar-refractivity contribution in [1.82, 2.24) is 0 Å². The van der Waals surface area contributed by atoms with Crippen LogP contribution in [-0.4, -0.2) is 18.5 Å². The van der Waals surface area contributed by atoms with Crippen molar-refractivity contribution < 1.29 is 9.47 Å². The fourth-order valence-electron chi connectivity index (χ4n) is 1.81. The van der Waals surface area contributed by atoms with E-state index in [0.29, 0.717) is 6.10 Å². The van der Waals surface area contributed by atoms with Gasteiger partial charge in [-0.2, -0.15) is 0 Å². The Morgan fingerprint density at radius 1 is 1.23 bits per heavy atom. The summed E-state index contributed by atoms with van der Waals surface area (Å²) in [5.74, 6) is -0.252. The van der Waals surface area contributed by atoms with Gasteiger partial charge in [0, 0.05) is 0 Å². The molecule has 0 saturated carbocycles. The molecule has 0 aliphatic carbocycles. The Bertz CT molecular complexity index is 141. The second-order valence-corrected chi connectivity index (χ2v) is 3.81. The normalized spacial score (nSPS) is 26.5. The van der Waals surface area contributed by atoms with Crippen LogP contribution in [0.5, 0.6) is 0 Å². The first-order chi connectivity index (χ1) is 6.26. The van der Waals surface area contributed by atoms with Gasteiger partial charge in [0.2, 0.25) is 0 Å². The maximum Gasteiger partial charge on any atom is 0.168 e. The molecule has 2 nitrogen and oxygen atoms in total. The second-order valence-electron chi connectivity index (χ2n) is 3.81. The largest absolute Gasteiger partial charge is 0.347 e. The Labute approximate surface area is 81.6 Å². The lowest BCUT2D eigenvalue weighted by Crippen LogP contribution is -2.28.